The molecule has 0 saturated carbocycles. The zero-order chi connectivity index (χ0) is 22.0. The second kappa shape index (κ2) is 9.28. The molecule has 31 heavy (non-hydrogen) atoms. The number of hydrogen-bond donors (Lipinski definition) is 2. The molecule has 3 unspecified atom stereocenters. The SMILES string of the molecule is CCC(Nc1cc(-c2c(-c3ccc(F)cc3)nc(S(C)=O)n2C)ccn1)C1CCCN1. The quantitative estimate of drug-likeness (QED) is 0.581. The van der Waals surface area contributed by atoms with Crippen molar-refractivity contribution in [3.63, 3.8) is 0 Å². The highest BCUT2D eigenvalue weighted by atomic mass is 32.2. The summed E-state index contributed by atoms with van der Waals surface area (Å²) in [6.07, 6.45) is 6.74. The van der Waals surface area contributed by atoms with Crippen LogP contribution in [0.2, 0.25) is 0 Å². The normalized spacial score (nSPS) is 18.1. The van der Waals surface area contributed by atoms with E-state index in [2.05, 4.69) is 27.5 Å². The highest BCUT2D eigenvalue weighted by Gasteiger charge is 2.24. The fourth-order valence-electron chi connectivity index (χ4n) is 4.26. The monoisotopic (exact) mass is 441 g/mol. The first-order valence-electron chi connectivity index (χ1n) is 10.6. The van der Waals surface area contributed by atoms with Crippen molar-refractivity contribution in [1.82, 2.24) is 19.9 Å². The molecule has 0 spiro atoms. The van der Waals surface area contributed by atoms with Gasteiger partial charge in [-0.05, 0) is 62.2 Å². The lowest BCUT2D eigenvalue weighted by molar-refractivity contribution is 0.498. The van der Waals surface area contributed by atoms with Gasteiger partial charge in [0.15, 0.2) is 5.16 Å². The molecule has 1 fully saturated rings. The highest BCUT2D eigenvalue weighted by molar-refractivity contribution is 7.84. The van der Waals surface area contributed by atoms with Crippen LogP contribution in [0.5, 0.6) is 0 Å². The van der Waals surface area contributed by atoms with Gasteiger partial charge in [0.05, 0.1) is 22.2 Å². The van der Waals surface area contributed by atoms with Crippen molar-refractivity contribution < 1.29 is 8.60 Å². The van der Waals surface area contributed by atoms with E-state index in [1.54, 1.807) is 24.6 Å². The Kier molecular flexibility index (Phi) is 6.48. The van der Waals surface area contributed by atoms with Crippen LogP contribution in [0, 0.1) is 5.82 Å². The number of anilines is 1. The molecule has 4 rings (SSSR count). The molecular weight excluding hydrogens is 413 g/mol. The molecule has 1 saturated heterocycles. The van der Waals surface area contributed by atoms with Crippen molar-refractivity contribution >= 4 is 16.6 Å². The van der Waals surface area contributed by atoms with Gasteiger partial charge >= 0.3 is 0 Å². The van der Waals surface area contributed by atoms with E-state index in [9.17, 15) is 8.60 Å². The zero-order valence-electron chi connectivity index (χ0n) is 18.1. The number of nitrogens with zero attached hydrogens (tertiary/aromatic N) is 3. The minimum atomic E-state index is -1.26. The Hall–Kier alpha value is -2.58. The molecule has 0 bridgehead atoms. The third-order valence-corrected chi connectivity index (χ3v) is 6.70. The van der Waals surface area contributed by atoms with Crippen molar-refractivity contribution in [3.05, 3.63) is 48.4 Å². The topological polar surface area (TPSA) is 71.8 Å². The standard InChI is InChI=1S/C23H28FN5OS/c1-4-18(19-6-5-12-25-19)27-20-14-16(11-13-26-20)22-21(15-7-9-17(24)10-8-15)28-23(29(22)2)31(3)30/h7-11,13-14,18-19,25H,4-6,12H2,1-3H3,(H,26,27). The predicted molar refractivity (Wildman–Crippen MR) is 123 cm³/mol. The largest absolute Gasteiger partial charge is 0.366 e. The van der Waals surface area contributed by atoms with Crippen LogP contribution in [0.4, 0.5) is 10.2 Å². The summed E-state index contributed by atoms with van der Waals surface area (Å²) in [7, 11) is 0.597. The molecule has 1 aromatic carbocycles. The van der Waals surface area contributed by atoms with Crippen LogP contribution >= 0.6 is 0 Å². The third kappa shape index (κ3) is 4.55. The minimum absolute atomic E-state index is 0.298. The molecule has 2 aromatic heterocycles. The maximum absolute atomic E-state index is 13.5. The van der Waals surface area contributed by atoms with Gasteiger partial charge in [-0.3, -0.25) is 4.21 Å². The molecule has 3 atom stereocenters. The fourth-order valence-corrected chi connectivity index (χ4v) is 4.96. The molecule has 6 nitrogen and oxygen atoms in total. The molecule has 8 heteroatoms. The van der Waals surface area contributed by atoms with Crippen molar-refractivity contribution in [1.29, 1.82) is 0 Å². The maximum atomic E-state index is 13.5. The number of aromatic nitrogens is 3. The number of hydrogen-bond acceptors (Lipinski definition) is 5. The average Bonchev–Trinajstić information content (AvgIpc) is 3.41. The van der Waals surface area contributed by atoms with Crippen molar-refractivity contribution in [2.24, 2.45) is 7.05 Å². The Labute approximate surface area is 184 Å². The van der Waals surface area contributed by atoms with Crippen LogP contribution in [0.25, 0.3) is 22.5 Å². The molecule has 1 aliphatic rings. The van der Waals surface area contributed by atoms with E-state index < -0.39 is 10.8 Å². The number of benzene rings is 1. The predicted octanol–water partition coefficient (Wildman–Crippen LogP) is 3.97. The van der Waals surface area contributed by atoms with E-state index >= 15 is 0 Å². The zero-order valence-corrected chi connectivity index (χ0v) is 18.9. The van der Waals surface area contributed by atoms with Crippen LogP contribution in [-0.4, -0.2) is 43.6 Å². The molecule has 1 aliphatic heterocycles. The Morgan fingerprint density at radius 1 is 1.29 bits per heavy atom. The van der Waals surface area contributed by atoms with Crippen LogP contribution in [0.1, 0.15) is 26.2 Å². The fraction of sp³-hybridized carbons (Fsp3) is 0.391. The summed E-state index contributed by atoms with van der Waals surface area (Å²) in [6.45, 7) is 3.24. The maximum Gasteiger partial charge on any atom is 0.199 e. The van der Waals surface area contributed by atoms with Gasteiger partial charge in [0.25, 0.3) is 0 Å². The molecule has 2 N–H and O–H groups in total. The first kappa shape index (κ1) is 21.6. The Bertz CT molecular complexity index is 1080. The van der Waals surface area contributed by atoms with E-state index in [0.717, 1.165) is 42.0 Å². The van der Waals surface area contributed by atoms with Gasteiger partial charge in [0, 0.05) is 42.7 Å². The molecule has 0 aliphatic carbocycles. The second-order valence-electron chi connectivity index (χ2n) is 7.90. The minimum Gasteiger partial charge on any atom is -0.366 e. The van der Waals surface area contributed by atoms with E-state index in [1.165, 1.54) is 18.6 Å². The van der Waals surface area contributed by atoms with Crippen LogP contribution in [0.3, 0.4) is 0 Å². The Morgan fingerprint density at radius 2 is 2.06 bits per heavy atom. The van der Waals surface area contributed by atoms with Crippen LogP contribution in [0.15, 0.2) is 47.8 Å². The van der Waals surface area contributed by atoms with E-state index in [4.69, 9.17) is 0 Å². The number of pyridine rings is 1. The molecule has 164 valence electrons. The summed E-state index contributed by atoms with van der Waals surface area (Å²) in [4.78, 5) is 9.18. The van der Waals surface area contributed by atoms with Crippen molar-refractivity contribution in [3.8, 4) is 22.5 Å². The average molecular weight is 442 g/mol. The van der Waals surface area contributed by atoms with Gasteiger partial charge in [-0.2, -0.15) is 0 Å². The van der Waals surface area contributed by atoms with Crippen molar-refractivity contribution in [2.75, 3.05) is 18.1 Å². The van der Waals surface area contributed by atoms with Gasteiger partial charge in [0.1, 0.15) is 11.6 Å². The highest BCUT2D eigenvalue weighted by Crippen LogP contribution is 2.34. The van der Waals surface area contributed by atoms with Gasteiger partial charge in [-0.15, -0.1) is 0 Å². The first-order valence-corrected chi connectivity index (χ1v) is 12.2. The lowest BCUT2D eigenvalue weighted by Crippen LogP contribution is -2.39. The second-order valence-corrected chi connectivity index (χ2v) is 9.18. The number of halogens is 1. The van der Waals surface area contributed by atoms with E-state index in [0.29, 0.717) is 22.9 Å². The summed E-state index contributed by atoms with van der Waals surface area (Å²) < 4.78 is 27.6. The summed E-state index contributed by atoms with van der Waals surface area (Å²) in [5.41, 5.74) is 3.19. The summed E-state index contributed by atoms with van der Waals surface area (Å²) in [6, 6.07) is 10.9. The van der Waals surface area contributed by atoms with Gasteiger partial charge in [-0.25, -0.2) is 14.4 Å². The molecular formula is C23H28FN5OS. The van der Waals surface area contributed by atoms with Crippen molar-refractivity contribution in [2.45, 2.75) is 43.4 Å². The van der Waals surface area contributed by atoms with Gasteiger partial charge in [0.2, 0.25) is 0 Å². The number of rotatable bonds is 7. The summed E-state index contributed by atoms with van der Waals surface area (Å²) in [5, 5.41) is 7.62. The van der Waals surface area contributed by atoms with Crippen LogP contribution in [-0.2, 0) is 17.8 Å². The van der Waals surface area contributed by atoms with E-state index in [-0.39, 0.29) is 5.82 Å². The summed E-state index contributed by atoms with van der Waals surface area (Å²) >= 11 is 0. The van der Waals surface area contributed by atoms with Crippen LogP contribution < -0.4 is 10.6 Å². The van der Waals surface area contributed by atoms with Gasteiger partial charge < -0.3 is 15.2 Å². The molecule has 0 radical (unpaired) electrons. The molecule has 0 amide bonds. The lowest BCUT2D eigenvalue weighted by Gasteiger charge is -2.24. The summed E-state index contributed by atoms with van der Waals surface area (Å²) in [5.74, 6) is 0.491. The molecule has 3 aromatic rings. The van der Waals surface area contributed by atoms with Gasteiger partial charge in [-0.1, -0.05) is 6.92 Å². The lowest BCUT2D eigenvalue weighted by atomic mass is 10.0. The third-order valence-electron chi connectivity index (χ3n) is 5.82. The number of nitrogens with one attached hydrogen (secondary N) is 2. The smallest absolute Gasteiger partial charge is 0.199 e. The molecule has 3 heterocycles. The number of imidazole rings is 1. The van der Waals surface area contributed by atoms with E-state index in [1.807, 2.05) is 23.7 Å². The first-order chi connectivity index (χ1) is 15.0. The Morgan fingerprint density at radius 3 is 2.71 bits per heavy atom. The Balaban J connectivity index is 1.74.